The second kappa shape index (κ2) is 14.5. The molecule has 0 radical (unpaired) electrons. The van der Waals surface area contributed by atoms with Crippen LogP contribution in [0.25, 0.3) is 23.0 Å². The van der Waals surface area contributed by atoms with Gasteiger partial charge in [0.1, 0.15) is 17.2 Å². The lowest BCUT2D eigenvalue weighted by Crippen LogP contribution is -2.40. The summed E-state index contributed by atoms with van der Waals surface area (Å²) >= 11 is 1.28. The van der Waals surface area contributed by atoms with Crippen molar-refractivity contribution in [2.75, 3.05) is 13.7 Å². The molecule has 1 atom stereocenters. The Labute approximate surface area is 289 Å². The maximum Gasteiger partial charge on any atom is 0.338 e. The molecule has 0 saturated carbocycles. The minimum atomic E-state index is -0.731. The van der Waals surface area contributed by atoms with Crippen LogP contribution in [0.15, 0.2) is 106 Å². The van der Waals surface area contributed by atoms with E-state index in [1.807, 2.05) is 95.8 Å². The smallest absolute Gasteiger partial charge is 0.338 e. The first-order valence-electron chi connectivity index (χ1n) is 16.4. The fourth-order valence-corrected chi connectivity index (χ4v) is 6.69. The van der Waals surface area contributed by atoms with Gasteiger partial charge in [0.05, 0.1) is 47.4 Å². The average Bonchev–Trinajstić information content (AvgIpc) is 3.64. The molecule has 0 unspecified atom stereocenters. The van der Waals surface area contributed by atoms with Gasteiger partial charge < -0.3 is 14.2 Å². The summed E-state index contributed by atoms with van der Waals surface area (Å²) in [5, 5.41) is 4.96. The van der Waals surface area contributed by atoms with Crippen LogP contribution in [0.1, 0.15) is 58.2 Å². The van der Waals surface area contributed by atoms with Gasteiger partial charge in [0.2, 0.25) is 0 Å². The first kappa shape index (κ1) is 33.7. The summed E-state index contributed by atoms with van der Waals surface area (Å²) in [5.41, 5.74) is 4.56. The molecule has 2 aromatic heterocycles. The molecule has 3 aromatic carbocycles. The second-order valence-electron chi connectivity index (χ2n) is 12.6. The number of thiazole rings is 1. The van der Waals surface area contributed by atoms with Crippen molar-refractivity contribution in [1.29, 1.82) is 0 Å². The molecule has 5 aromatic rings. The second-order valence-corrected chi connectivity index (χ2v) is 13.6. The largest absolute Gasteiger partial charge is 0.497 e. The van der Waals surface area contributed by atoms with Crippen LogP contribution in [0.4, 0.5) is 0 Å². The zero-order valence-electron chi connectivity index (χ0n) is 28.5. The fraction of sp³-hybridized carbons (Fsp3) is 0.282. The third-order valence-electron chi connectivity index (χ3n) is 8.16. The van der Waals surface area contributed by atoms with E-state index in [4.69, 9.17) is 24.3 Å². The molecule has 0 saturated heterocycles. The van der Waals surface area contributed by atoms with Crippen molar-refractivity contribution >= 4 is 23.4 Å². The minimum absolute atomic E-state index is 0.265. The lowest BCUT2D eigenvalue weighted by Gasteiger charge is -2.25. The van der Waals surface area contributed by atoms with E-state index >= 15 is 0 Å². The third-order valence-corrected chi connectivity index (χ3v) is 9.14. The lowest BCUT2D eigenvalue weighted by molar-refractivity contribution is -0.143. The molecule has 0 amide bonds. The zero-order chi connectivity index (χ0) is 34.7. The summed E-state index contributed by atoms with van der Waals surface area (Å²) in [6.07, 6.45) is 4.42. The Kier molecular flexibility index (Phi) is 9.96. The summed E-state index contributed by atoms with van der Waals surface area (Å²) in [5.74, 6) is 1.52. The highest BCUT2D eigenvalue weighted by Gasteiger charge is 2.34. The number of carbonyl (C=O) groups is 1. The molecule has 49 heavy (non-hydrogen) atoms. The van der Waals surface area contributed by atoms with E-state index < -0.39 is 12.0 Å². The van der Waals surface area contributed by atoms with E-state index in [1.54, 1.807) is 32.4 Å². The van der Waals surface area contributed by atoms with Crippen molar-refractivity contribution in [1.82, 2.24) is 14.3 Å². The summed E-state index contributed by atoms with van der Waals surface area (Å²) < 4.78 is 20.8. The standard InChI is InChI=1S/C39H40N4O5S/c1-24(2)20-21-47-32-18-12-27(13-19-32)35-29(23-42(41-35)30-10-8-7-9-11-30)22-33-37(44)43-36(28-14-16-31(46-6)17-15-28)34(38(45)48-25(3)4)26(5)40-39(43)49-33/h7-19,22-25,36H,20-21H2,1-6H3/b33-22+/t36-/m0/s1. The molecule has 252 valence electrons. The number of aromatic nitrogens is 3. The van der Waals surface area contributed by atoms with Crippen LogP contribution < -0.4 is 24.4 Å². The van der Waals surface area contributed by atoms with Crippen molar-refractivity contribution in [3.05, 3.63) is 127 Å². The third kappa shape index (κ3) is 7.29. The number of esters is 1. The van der Waals surface area contributed by atoms with E-state index in [2.05, 4.69) is 13.8 Å². The number of methoxy groups -OCH3 is 1. The summed E-state index contributed by atoms with van der Waals surface area (Å²) in [4.78, 5) is 33.1. The maximum atomic E-state index is 14.4. The van der Waals surface area contributed by atoms with Gasteiger partial charge in [0.15, 0.2) is 4.80 Å². The molecular weight excluding hydrogens is 637 g/mol. The van der Waals surface area contributed by atoms with E-state index in [1.165, 1.54) is 11.3 Å². The molecular formula is C39H40N4O5S. The first-order valence-corrected chi connectivity index (χ1v) is 17.2. The summed E-state index contributed by atoms with van der Waals surface area (Å²) in [6.45, 7) is 10.4. The number of hydrogen-bond donors (Lipinski definition) is 0. The number of nitrogens with zero attached hydrogens (tertiary/aromatic N) is 4. The van der Waals surface area contributed by atoms with Gasteiger partial charge in [-0.1, -0.05) is 55.5 Å². The monoisotopic (exact) mass is 676 g/mol. The van der Waals surface area contributed by atoms with Crippen LogP contribution >= 0.6 is 11.3 Å². The number of benzene rings is 3. The average molecular weight is 677 g/mol. The number of allylic oxidation sites excluding steroid dienone is 1. The Balaban J connectivity index is 1.47. The normalized spacial score (nSPS) is 14.6. The van der Waals surface area contributed by atoms with Crippen LogP contribution in [0.2, 0.25) is 0 Å². The van der Waals surface area contributed by atoms with Crippen LogP contribution in [0, 0.1) is 5.92 Å². The van der Waals surface area contributed by atoms with E-state index in [-0.39, 0.29) is 11.7 Å². The predicted molar refractivity (Wildman–Crippen MR) is 192 cm³/mol. The van der Waals surface area contributed by atoms with Gasteiger partial charge >= 0.3 is 5.97 Å². The van der Waals surface area contributed by atoms with Crippen LogP contribution in [0.5, 0.6) is 11.5 Å². The Morgan fingerprint density at radius 3 is 2.31 bits per heavy atom. The van der Waals surface area contributed by atoms with Gasteiger partial charge in [-0.15, -0.1) is 0 Å². The molecule has 1 aliphatic heterocycles. The van der Waals surface area contributed by atoms with E-state index in [9.17, 15) is 9.59 Å². The van der Waals surface area contributed by atoms with Gasteiger partial charge in [0, 0.05) is 17.3 Å². The van der Waals surface area contributed by atoms with Crippen LogP contribution in [0.3, 0.4) is 0 Å². The topological polar surface area (TPSA) is 96.9 Å². The molecule has 1 aliphatic rings. The van der Waals surface area contributed by atoms with Gasteiger partial charge in [-0.3, -0.25) is 9.36 Å². The van der Waals surface area contributed by atoms with E-state index in [0.29, 0.717) is 44.6 Å². The fourth-order valence-electron chi connectivity index (χ4n) is 5.65. The van der Waals surface area contributed by atoms with Crippen molar-refractivity contribution in [2.24, 2.45) is 10.9 Å². The summed E-state index contributed by atoms with van der Waals surface area (Å²) in [7, 11) is 1.60. The Hall–Kier alpha value is -5.22. The quantitative estimate of drug-likeness (QED) is 0.149. The molecule has 6 rings (SSSR count). The Bertz CT molecular complexity index is 2160. The van der Waals surface area contributed by atoms with Crippen LogP contribution in [-0.2, 0) is 9.53 Å². The molecule has 0 N–H and O–H groups in total. The summed E-state index contributed by atoms with van der Waals surface area (Å²) in [6, 6.07) is 24.3. The molecule has 9 nitrogen and oxygen atoms in total. The van der Waals surface area contributed by atoms with Gasteiger partial charge in [0.25, 0.3) is 5.56 Å². The molecule has 0 bridgehead atoms. The SMILES string of the molecule is COc1ccc([C@H]2C(C(=O)OC(C)C)=C(C)N=c3s/c(=C/c4cn(-c5ccccc5)nc4-c4ccc(OCCC(C)C)cc4)c(=O)n32)cc1. The molecule has 0 fully saturated rings. The highest BCUT2D eigenvalue weighted by Crippen LogP contribution is 2.32. The number of rotatable bonds is 11. The number of para-hydroxylation sites is 1. The van der Waals surface area contributed by atoms with Crippen LogP contribution in [-0.4, -0.2) is 40.1 Å². The molecule has 10 heteroatoms. The Morgan fingerprint density at radius 2 is 1.65 bits per heavy atom. The molecule has 0 aliphatic carbocycles. The van der Waals surface area contributed by atoms with Crippen molar-refractivity contribution in [3.63, 3.8) is 0 Å². The highest BCUT2D eigenvalue weighted by molar-refractivity contribution is 7.07. The first-order chi connectivity index (χ1) is 23.6. The number of ether oxygens (including phenoxy) is 3. The number of carbonyl (C=O) groups excluding carboxylic acids is 1. The van der Waals surface area contributed by atoms with Crippen molar-refractivity contribution in [3.8, 4) is 28.4 Å². The highest BCUT2D eigenvalue weighted by atomic mass is 32.1. The predicted octanol–water partition coefficient (Wildman–Crippen LogP) is 6.47. The van der Waals surface area contributed by atoms with E-state index in [0.717, 1.165) is 34.5 Å². The maximum absolute atomic E-state index is 14.4. The lowest BCUT2D eigenvalue weighted by atomic mass is 9.96. The van der Waals surface area contributed by atoms with Gasteiger partial charge in [-0.25, -0.2) is 14.5 Å². The molecule has 0 spiro atoms. The number of hydrogen-bond acceptors (Lipinski definition) is 8. The zero-order valence-corrected chi connectivity index (χ0v) is 29.4. The van der Waals surface area contributed by atoms with Gasteiger partial charge in [-0.2, -0.15) is 5.10 Å². The molecule has 3 heterocycles. The van der Waals surface area contributed by atoms with Crippen molar-refractivity contribution < 1.29 is 19.0 Å². The Morgan fingerprint density at radius 1 is 0.959 bits per heavy atom. The van der Waals surface area contributed by atoms with Crippen molar-refractivity contribution in [2.45, 2.75) is 53.2 Å². The number of fused-ring (bicyclic) bond motifs is 1. The minimum Gasteiger partial charge on any atom is -0.497 e. The van der Waals surface area contributed by atoms with Gasteiger partial charge in [-0.05, 0) is 93.3 Å².